The fourth-order valence-corrected chi connectivity index (χ4v) is 3.21. The summed E-state index contributed by atoms with van der Waals surface area (Å²) in [5.41, 5.74) is 0.966. The molecule has 0 bridgehead atoms. The summed E-state index contributed by atoms with van der Waals surface area (Å²) in [6.07, 6.45) is 3.86. The minimum absolute atomic E-state index is 0.0115. The lowest BCUT2D eigenvalue weighted by atomic mass is 9.99. The molecule has 0 spiro atoms. The zero-order valence-electron chi connectivity index (χ0n) is 14.8. The first-order valence-electron chi connectivity index (χ1n) is 8.87. The molecular formula is C19H21ClN4O3. The van der Waals surface area contributed by atoms with E-state index in [1.54, 1.807) is 0 Å². The molecule has 1 fully saturated rings. The van der Waals surface area contributed by atoms with Gasteiger partial charge < -0.3 is 15.3 Å². The predicted octanol–water partition coefficient (Wildman–Crippen LogP) is 2.40. The number of anilines is 1. The van der Waals surface area contributed by atoms with E-state index in [9.17, 15) is 14.7 Å². The van der Waals surface area contributed by atoms with Gasteiger partial charge in [-0.2, -0.15) is 0 Å². The zero-order chi connectivity index (χ0) is 19.2. The van der Waals surface area contributed by atoms with Crippen LogP contribution in [0.15, 0.2) is 36.5 Å². The van der Waals surface area contributed by atoms with Gasteiger partial charge in [0.1, 0.15) is 0 Å². The second-order valence-electron chi connectivity index (χ2n) is 6.50. The third kappa shape index (κ3) is 4.95. The van der Waals surface area contributed by atoms with E-state index in [0.717, 1.165) is 31.5 Å². The molecule has 1 aromatic carbocycles. The van der Waals surface area contributed by atoms with Crippen molar-refractivity contribution in [3.63, 3.8) is 0 Å². The molecule has 7 nitrogen and oxygen atoms in total. The van der Waals surface area contributed by atoms with Crippen molar-refractivity contribution >= 4 is 29.4 Å². The highest BCUT2D eigenvalue weighted by Gasteiger charge is 2.22. The van der Waals surface area contributed by atoms with Crippen LogP contribution in [0.5, 0.6) is 0 Å². The Morgan fingerprint density at radius 2 is 1.93 bits per heavy atom. The molecule has 1 saturated heterocycles. The van der Waals surface area contributed by atoms with Gasteiger partial charge in [0.05, 0.1) is 17.1 Å². The van der Waals surface area contributed by atoms with Gasteiger partial charge in [-0.25, -0.2) is 9.97 Å². The number of carboxylic acid groups (broad SMARTS) is 1. The van der Waals surface area contributed by atoms with E-state index in [-0.39, 0.29) is 17.3 Å². The molecule has 2 N–H and O–H groups in total. The van der Waals surface area contributed by atoms with Crippen molar-refractivity contribution < 1.29 is 14.7 Å². The first-order chi connectivity index (χ1) is 13.0. The minimum atomic E-state index is -0.967. The maximum Gasteiger partial charge on any atom is 0.308 e. The van der Waals surface area contributed by atoms with Gasteiger partial charge in [0.15, 0.2) is 5.69 Å². The number of carboxylic acids is 1. The fraction of sp³-hybridized carbons (Fsp3) is 0.368. The number of nitrogens with zero attached hydrogens (tertiary/aromatic N) is 3. The number of amides is 1. The van der Waals surface area contributed by atoms with Gasteiger partial charge >= 0.3 is 5.97 Å². The number of hydrogen-bond acceptors (Lipinski definition) is 5. The molecule has 1 atom stereocenters. The highest BCUT2D eigenvalue weighted by molar-refractivity contribution is 6.33. The maximum absolute atomic E-state index is 12.5. The van der Waals surface area contributed by atoms with E-state index in [2.05, 4.69) is 15.3 Å². The summed E-state index contributed by atoms with van der Waals surface area (Å²) in [5, 5.41) is 12.2. The smallest absolute Gasteiger partial charge is 0.308 e. The Morgan fingerprint density at radius 1 is 1.22 bits per heavy atom. The fourth-order valence-electron chi connectivity index (χ4n) is 3.03. The monoisotopic (exact) mass is 388 g/mol. The quantitative estimate of drug-likeness (QED) is 0.756. The Hall–Kier alpha value is -2.67. The molecule has 0 saturated carbocycles. The summed E-state index contributed by atoms with van der Waals surface area (Å²) in [5.74, 6) is -1.73. The molecule has 142 valence electrons. The topological polar surface area (TPSA) is 95.4 Å². The summed E-state index contributed by atoms with van der Waals surface area (Å²) < 4.78 is 0. The number of aliphatic carboxylic acids is 1. The van der Waals surface area contributed by atoms with Gasteiger partial charge in [0.25, 0.3) is 5.91 Å². The summed E-state index contributed by atoms with van der Waals surface area (Å²) in [4.78, 5) is 34.5. The van der Waals surface area contributed by atoms with E-state index in [1.807, 2.05) is 35.2 Å². The summed E-state index contributed by atoms with van der Waals surface area (Å²) >= 11 is 6.08. The highest BCUT2D eigenvalue weighted by atomic mass is 35.5. The van der Waals surface area contributed by atoms with Gasteiger partial charge in [-0.1, -0.05) is 41.9 Å². The van der Waals surface area contributed by atoms with Crippen molar-refractivity contribution in [3.8, 4) is 0 Å². The first kappa shape index (κ1) is 19.1. The largest absolute Gasteiger partial charge is 0.481 e. The molecule has 3 rings (SSSR count). The van der Waals surface area contributed by atoms with Crippen molar-refractivity contribution in [3.05, 3.63) is 52.8 Å². The van der Waals surface area contributed by atoms with E-state index < -0.39 is 17.8 Å². The van der Waals surface area contributed by atoms with Crippen molar-refractivity contribution in [1.82, 2.24) is 15.3 Å². The maximum atomic E-state index is 12.5. The van der Waals surface area contributed by atoms with Gasteiger partial charge in [0, 0.05) is 19.6 Å². The number of hydrogen-bond donors (Lipinski definition) is 2. The Morgan fingerprint density at radius 3 is 2.59 bits per heavy atom. The zero-order valence-corrected chi connectivity index (χ0v) is 15.5. The lowest BCUT2D eigenvalue weighted by Crippen LogP contribution is -2.35. The number of halogens is 1. The van der Waals surface area contributed by atoms with E-state index in [0.29, 0.717) is 12.4 Å². The van der Waals surface area contributed by atoms with Gasteiger partial charge in [0.2, 0.25) is 5.95 Å². The molecule has 1 aliphatic rings. The highest BCUT2D eigenvalue weighted by Crippen LogP contribution is 2.20. The van der Waals surface area contributed by atoms with Crippen molar-refractivity contribution in [2.75, 3.05) is 24.5 Å². The van der Waals surface area contributed by atoms with Crippen LogP contribution in [0.1, 0.15) is 28.9 Å². The molecule has 1 aliphatic heterocycles. The number of nitrogens with one attached hydrogen (secondary N) is 1. The van der Waals surface area contributed by atoms with E-state index in [4.69, 9.17) is 11.6 Å². The number of carbonyl (C=O) groups excluding carboxylic acids is 1. The van der Waals surface area contributed by atoms with Crippen LogP contribution in [0.4, 0.5) is 5.95 Å². The molecule has 8 heteroatoms. The van der Waals surface area contributed by atoms with Crippen LogP contribution in [-0.2, 0) is 11.2 Å². The molecule has 1 amide bonds. The molecule has 0 aliphatic carbocycles. The summed E-state index contributed by atoms with van der Waals surface area (Å²) in [7, 11) is 0. The van der Waals surface area contributed by atoms with Gasteiger partial charge in [-0.3, -0.25) is 9.59 Å². The third-order valence-electron chi connectivity index (χ3n) is 4.52. The Labute approximate surface area is 162 Å². The first-order valence-corrected chi connectivity index (χ1v) is 9.25. The Kier molecular flexibility index (Phi) is 6.24. The molecule has 1 unspecified atom stereocenters. The molecule has 0 radical (unpaired) electrons. The van der Waals surface area contributed by atoms with Crippen LogP contribution >= 0.6 is 11.6 Å². The minimum Gasteiger partial charge on any atom is -0.481 e. The lowest BCUT2D eigenvalue weighted by Gasteiger charge is -2.17. The molecular weight excluding hydrogens is 368 g/mol. The second-order valence-corrected chi connectivity index (χ2v) is 6.90. The summed E-state index contributed by atoms with van der Waals surface area (Å²) in [6, 6.07) is 9.31. The predicted molar refractivity (Wildman–Crippen MR) is 102 cm³/mol. The SMILES string of the molecule is O=C(NCC(Cc1ccccc1)C(=O)O)c1nc(N2CCCC2)ncc1Cl. The van der Waals surface area contributed by atoms with Gasteiger partial charge in [-0.15, -0.1) is 0 Å². The van der Waals surface area contributed by atoms with Crippen LogP contribution < -0.4 is 10.2 Å². The third-order valence-corrected chi connectivity index (χ3v) is 4.80. The second kappa shape index (κ2) is 8.81. The van der Waals surface area contributed by atoms with Crippen LogP contribution in [0.2, 0.25) is 5.02 Å². The van der Waals surface area contributed by atoms with Crippen LogP contribution in [0.25, 0.3) is 0 Å². The van der Waals surface area contributed by atoms with Gasteiger partial charge in [-0.05, 0) is 24.8 Å². The molecule has 27 heavy (non-hydrogen) atoms. The molecule has 2 aromatic rings. The number of rotatable bonds is 7. The van der Waals surface area contributed by atoms with E-state index in [1.165, 1.54) is 6.20 Å². The van der Waals surface area contributed by atoms with Crippen molar-refractivity contribution in [1.29, 1.82) is 0 Å². The number of benzene rings is 1. The van der Waals surface area contributed by atoms with Crippen LogP contribution in [0, 0.1) is 5.92 Å². The Bertz CT molecular complexity index is 810. The number of carbonyl (C=O) groups is 2. The standard InChI is InChI=1S/C19H21ClN4O3/c20-15-12-22-19(24-8-4-5-9-24)23-16(15)17(25)21-11-14(18(26)27)10-13-6-2-1-3-7-13/h1-3,6-7,12,14H,4-5,8-11H2,(H,21,25)(H,26,27). The normalized spacial score (nSPS) is 14.8. The van der Waals surface area contributed by atoms with Crippen LogP contribution in [0.3, 0.4) is 0 Å². The van der Waals surface area contributed by atoms with Crippen molar-refractivity contribution in [2.24, 2.45) is 5.92 Å². The lowest BCUT2D eigenvalue weighted by molar-refractivity contribution is -0.141. The van der Waals surface area contributed by atoms with Crippen LogP contribution in [-0.4, -0.2) is 46.6 Å². The molecule has 2 heterocycles. The van der Waals surface area contributed by atoms with E-state index >= 15 is 0 Å². The summed E-state index contributed by atoms with van der Waals surface area (Å²) in [6.45, 7) is 1.68. The number of aromatic nitrogens is 2. The average Bonchev–Trinajstić information content (AvgIpc) is 3.20. The average molecular weight is 389 g/mol. The molecule has 1 aromatic heterocycles. The Balaban J connectivity index is 1.66. The van der Waals surface area contributed by atoms with Crippen molar-refractivity contribution in [2.45, 2.75) is 19.3 Å².